The number of halogens is 1. The lowest BCUT2D eigenvalue weighted by molar-refractivity contribution is 0.102. The van der Waals surface area contributed by atoms with Crippen LogP contribution in [0.5, 0.6) is 0 Å². The van der Waals surface area contributed by atoms with Crippen molar-refractivity contribution in [2.45, 2.75) is 11.8 Å². The number of nitrogens with one attached hydrogen (secondary N) is 2. The van der Waals surface area contributed by atoms with Gasteiger partial charge in [-0.05, 0) is 37.4 Å². The lowest BCUT2D eigenvalue weighted by Crippen LogP contribution is -2.13. The Morgan fingerprint density at radius 1 is 1.38 bits per heavy atom. The fourth-order valence-electron chi connectivity index (χ4n) is 1.79. The molecule has 0 aliphatic heterocycles. The van der Waals surface area contributed by atoms with Gasteiger partial charge in [0.25, 0.3) is 5.91 Å². The number of hydrogen-bond donors (Lipinski definition) is 2. The van der Waals surface area contributed by atoms with E-state index in [9.17, 15) is 4.79 Å². The Morgan fingerprint density at radius 2 is 2.19 bits per heavy atom. The molecule has 2 aromatic rings. The summed E-state index contributed by atoms with van der Waals surface area (Å²) in [5.74, 6) is 0.379. The van der Waals surface area contributed by atoms with E-state index in [0.717, 1.165) is 17.1 Å². The Kier molecular flexibility index (Phi) is 5.47. The molecule has 0 fully saturated rings. The summed E-state index contributed by atoms with van der Waals surface area (Å²) < 4.78 is 0. The smallest absolute Gasteiger partial charge is 0.257 e. The minimum Gasteiger partial charge on any atom is -0.370 e. The van der Waals surface area contributed by atoms with Gasteiger partial charge in [-0.15, -0.1) is 11.8 Å². The van der Waals surface area contributed by atoms with Gasteiger partial charge in [-0.25, -0.2) is 4.98 Å². The van der Waals surface area contributed by atoms with Gasteiger partial charge < -0.3 is 10.6 Å². The quantitative estimate of drug-likeness (QED) is 0.813. The fourth-order valence-corrected chi connectivity index (χ4v) is 2.44. The van der Waals surface area contributed by atoms with E-state index in [1.165, 1.54) is 6.20 Å². The van der Waals surface area contributed by atoms with Gasteiger partial charge in [-0.1, -0.05) is 17.7 Å². The van der Waals surface area contributed by atoms with Crippen LogP contribution in [0.4, 0.5) is 11.5 Å². The van der Waals surface area contributed by atoms with Crippen LogP contribution in [0.1, 0.15) is 17.3 Å². The van der Waals surface area contributed by atoms with Crippen LogP contribution in [0.25, 0.3) is 0 Å². The van der Waals surface area contributed by atoms with Crippen LogP contribution >= 0.6 is 23.4 Å². The molecule has 0 saturated carbocycles. The SMILES string of the molecule is CCNc1cc(C(=O)Nc2cccc(SC)c2)c(Cl)cn1. The lowest BCUT2D eigenvalue weighted by Gasteiger charge is -2.09. The maximum atomic E-state index is 12.3. The van der Waals surface area contributed by atoms with E-state index >= 15 is 0 Å². The average Bonchev–Trinajstić information content (AvgIpc) is 2.49. The Hall–Kier alpha value is -1.72. The summed E-state index contributed by atoms with van der Waals surface area (Å²) in [6.07, 6.45) is 3.47. The van der Waals surface area contributed by atoms with Crippen LogP contribution in [-0.4, -0.2) is 23.7 Å². The number of benzene rings is 1. The number of amides is 1. The van der Waals surface area contributed by atoms with Crippen LogP contribution < -0.4 is 10.6 Å². The molecule has 4 nitrogen and oxygen atoms in total. The molecule has 6 heteroatoms. The lowest BCUT2D eigenvalue weighted by atomic mass is 10.2. The molecule has 110 valence electrons. The summed E-state index contributed by atoms with van der Waals surface area (Å²) in [6, 6.07) is 9.31. The van der Waals surface area contributed by atoms with E-state index in [1.54, 1.807) is 17.8 Å². The highest BCUT2D eigenvalue weighted by molar-refractivity contribution is 7.98. The zero-order chi connectivity index (χ0) is 15.2. The highest BCUT2D eigenvalue weighted by Crippen LogP contribution is 2.22. The van der Waals surface area contributed by atoms with Crippen molar-refractivity contribution in [1.82, 2.24) is 4.98 Å². The second kappa shape index (κ2) is 7.33. The minimum atomic E-state index is -0.250. The molecule has 0 spiro atoms. The number of pyridine rings is 1. The van der Waals surface area contributed by atoms with Crippen LogP contribution in [0.2, 0.25) is 5.02 Å². The second-order valence-electron chi connectivity index (χ2n) is 4.27. The Bertz CT molecular complexity index is 649. The maximum absolute atomic E-state index is 12.3. The number of hydrogen-bond acceptors (Lipinski definition) is 4. The van der Waals surface area contributed by atoms with E-state index in [1.807, 2.05) is 37.4 Å². The van der Waals surface area contributed by atoms with Crippen molar-refractivity contribution >= 4 is 40.8 Å². The normalized spacial score (nSPS) is 10.2. The van der Waals surface area contributed by atoms with Gasteiger partial charge in [0.2, 0.25) is 0 Å². The highest BCUT2D eigenvalue weighted by atomic mass is 35.5. The van der Waals surface area contributed by atoms with Gasteiger partial charge in [-0.3, -0.25) is 4.79 Å². The number of rotatable bonds is 5. The molecule has 0 saturated heterocycles. The van der Waals surface area contributed by atoms with E-state index in [-0.39, 0.29) is 5.91 Å². The number of carbonyl (C=O) groups excluding carboxylic acids is 1. The third kappa shape index (κ3) is 4.12. The molecule has 0 atom stereocenters. The van der Waals surface area contributed by atoms with Crippen molar-refractivity contribution in [2.75, 3.05) is 23.4 Å². The molecule has 1 aromatic carbocycles. The number of aromatic nitrogens is 1. The van der Waals surface area contributed by atoms with Crippen molar-refractivity contribution in [2.24, 2.45) is 0 Å². The molecule has 2 rings (SSSR count). The first kappa shape index (κ1) is 15.7. The molecule has 1 heterocycles. The molecule has 0 aliphatic carbocycles. The van der Waals surface area contributed by atoms with Crippen molar-refractivity contribution in [1.29, 1.82) is 0 Å². The second-order valence-corrected chi connectivity index (χ2v) is 5.55. The first-order chi connectivity index (χ1) is 10.1. The van der Waals surface area contributed by atoms with E-state index in [0.29, 0.717) is 16.4 Å². The maximum Gasteiger partial charge on any atom is 0.257 e. The summed E-state index contributed by atoms with van der Waals surface area (Å²) in [6.45, 7) is 2.69. The molecule has 2 N–H and O–H groups in total. The first-order valence-electron chi connectivity index (χ1n) is 6.49. The van der Waals surface area contributed by atoms with Crippen LogP contribution in [0.15, 0.2) is 41.4 Å². The molecule has 1 aromatic heterocycles. The summed E-state index contributed by atoms with van der Waals surface area (Å²) in [7, 11) is 0. The molecule has 0 radical (unpaired) electrons. The standard InChI is InChI=1S/C15H16ClN3OS/c1-3-17-14-8-12(13(16)9-18-14)15(20)19-10-5-4-6-11(7-10)21-2/h4-9H,3H2,1-2H3,(H,17,18)(H,19,20). The topological polar surface area (TPSA) is 54.0 Å². The first-order valence-corrected chi connectivity index (χ1v) is 8.09. The number of carbonyl (C=O) groups is 1. The van der Waals surface area contributed by atoms with Crippen molar-refractivity contribution in [3.05, 3.63) is 47.1 Å². The van der Waals surface area contributed by atoms with Gasteiger partial charge in [0.1, 0.15) is 5.82 Å². The van der Waals surface area contributed by atoms with E-state index in [2.05, 4.69) is 15.6 Å². The molecule has 21 heavy (non-hydrogen) atoms. The van der Waals surface area contributed by atoms with Gasteiger partial charge in [0, 0.05) is 23.3 Å². The summed E-state index contributed by atoms with van der Waals surface area (Å²) in [5, 5.41) is 6.24. The van der Waals surface area contributed by atoms with Crippen LogP contribution in [-0.2, 0) is 0 Å². The van der Waals surface area contributed by atoms with E-state index in [4.69, 9.17) is 11.6 Å². The zero-order valence-electron chi connectivity index (χ0n) is 11.8. The average molecular weight is 322 g/mol. The number of thioether (sulfide) groups is 1. The van der Waals surface area contributed by atoms with Gasteiger partial charge >= 0.3 is 0 Å². The molecular formula is C15H16ClN3OS. The van der Waals surface area contributed by atoms with Crippen molar-refractivity contribution in [3.63, 3.8) is 0 Å². The third-order valence-electron chi connectivity index (χ3n) is 2.79. The van der Waals surface area contributed by atoms with Gasteiger partial charge in [0.15, 0.2) is 0 Å². The predicted molar refractivity (Wildman–Crippen MR) is 89.6 cm³/mol. The predicted octanol–water partition coefficient (Wildman–Crippen LogP) is 4.14. The Morgan fingerprint density at radius 3 is 2.90 bits per heavy atom. The molecule has 0 unspecified atom stereocenters. The van der Waals surface area contributed by atoms with E-state index < -0.39 is 0 Å². The third-order valence-corrected chi connectivity index (χ3v) is 3.81. The Balaban J connectivity index is 2.21. The molecular weight excluding hydrogens is 306 g/mol. The monoisotopic (exact) mass is 321 g/mol. The van der Waals surface area contributed by atoms with Gasteiger partial charge in [-0.2, -0.15) is 0 Å². The van der Waals surface area contributed by atoms with Crippen molar-refractivity contribution in [3.8, 4) is 0 Å². The molecule has 0 bridgehead atoms. The van der Waals surface area contributed by atoms with Crippen LogP contribution in [0.3, 0.4) is 0 Å². The number of nitrogens with zero attached hydrogens (tertiary/aromatic N) is 1. The largest absolute Gasteiger partial charge is 0.370 e. The zero-order valence-corrected chi connectivity index (χ0v) is 13.4. The molecule has 0 aliphatic rings. The van der Waals surface area contributed by atoms with Crippen LogP contribution in [0, 0.1) is 0 Å². The summed E-state index contributed by atoms with van der Waals surface area (Å²) in [4.78, 5) is 17.5. The molecule has 1 amide bonds. The Labute approximate surface area is 133 Å². The summed E-state index contributed by atoms with van der Waals surface area (Å²) in [5.41, 5.74) is 1.14. The highest BCUT2D eigenvalue weighted by Gasteiger charge is 2.12. The number of anilines is 2. The van der Waals surface area contributed by atoms with Gasteiger partial charge in [0.05, 0.1) is 10.6 Å². The minimum absolute atomic E-state index is 0.250. The van der Waals surface area contributed by atoms with Crippen molar-refractivity contribution < 1.29 is 4.79 Å². The fraction of sp³-hybridized carbons (Fsp3) is 0.200. The summed E-state index contributed by atoms with van der Waals surface area (Å²) >= 11 is 7.68.